The monoisotopic (exact) mass is 848 g/mol. The number of ether oxygens (including phenoxy) is 2. The zero-order valence-corrected chi connectivity index (χ0v) is 37.2. The van der Waals surface area contributed by atoms with E-state index in [0.717, 1.165) is 64.2 Å². The van der Waals surface area contributed by atoms with E-state index >= 15 is 0 Å². The molecule has 0 amide bonds. The average molecular weight is 848 g/mol. The van der Waals surface area contributed by atoms with Crippen LogP contribution >= 0.6 is 7.82 Å². The third-order valence-corrected chi connectivity index (χ3v) is 8.76. The summed E-state index contributed by atoms with van der Waals surface area (Å²) in [7, 11) is -4.44. The SMILES string of the molecule is CC=CCC=CCC=CCC=CCC=CCC=CCC=CCC(=O)OC[C@H](COP(=O)(O)OCCN)OC(=O)CC=CCC=CCC=CCC=CCC=CCC=CCCC. The molecule has 0 rings (SSSR count). The number of rotatable bonds is 37. The van der Waals surface area contributed by atoms with Crippen LogP contribution in [0.25, 0.3) is 0 Å². The molecule has 10 heteroatoms. The minimum absolute atomic E-state index is 0.0146. The number of carbonyl (C=O) groups excluding carboxylic acids is 2. The first-order valence-electron chi connectivity index (χ1n) is 21.4. The van der Waals surface area contributed by atoms with Crippen molar-refractivity contribution < 1.29 is 37.6 Å². The Morgan fingerprint density at radius 1 is 0.517 bits per heavy atom. The fraction of sp³-hybridized carbons (Fsp3) is 0.440. The van der Waals surface area contributed by atoms with E-state index in [1.165, 1.54) is 6.42 Å². The standard InChI is InChI=1S/C50H74NO8P/c1-3-5-7-9-11-13-15-17-19-21-23-25-26-28-30-32-34-36-38-40-42-49(52)56-46-48(47-58-60(54,55)57-45-44-51)59-50(53)43-41-39-37-35-33-31-29-27-24-22-20-18-16-14-12-10-8-6-4-2/h3,5,8-11,14-17,20-23,26-29,32-35,38-41,48H,4,6-7,12-13,18-19,24-25,30-31,36-37,42-47,51H2,1-2H3,(H,54,55)/t48-/m1/s1. The highest BCUT2D eigenvalue weighted by Gasteiger charge is 2.25. The summed E-state index contributed by atoms with van der Waals surface area (Å²) in [5.41, 5.74) is 5.33. The van der Waals surface area contributed by atoms with Crippen molar-refractivity contribution in [2.75, 3.05) is 26.4 Å². The predicted octanol–water partition coefficient (Wildman–Crippen LogP) is 12.7. The summed E-state index contributed by atoms with van der Waals surface area (Å²) < 4.78 is 32.5. The Kier molecular flexibility index (Phi) is 41.0. The number of nitrogens with two attached hydrogens (primary N) is 1. The highest BCUT2D eigenvalue weighted by molar-refractivity contribution is 7.47. The smallest absolute Gasteiger partial charge is 0.461 e. The molecule has 0 aliphatic heterocycles. The van der Waals surface area contributed by atoms with Crippen LogP contribution in [-0.2, 0) is 32.7 Å². The maximum Gasteiger partial charge on any atom is 0.472 e. The Balaban J connectivity index is 4.49. The Labute approximate surface area is 362 Å². The molecular formula is C50H74NO8P. The van der Waals surface area contributed by atoms with Gasteiger partial charge in [0.25, 0.3) is 0 Å². The third-order valence-electron chi connectivity index (χ3n) is 7.78. The molecule has 3 N–H and O–H groups in total. The molecule has 0 saturated heterocycles. The van der Waals surface area contributed by atoms with Gasteiger partial charge in [-0.2, -0.15) is 0 Å². The van der Waals surface area contributed by atoms with Gasteiger partial charge in [0.1, 0.15) is 6.61 Å². The average Bonchev–Trinajstić information content (AvgIpc) is 3.24. The Hall–Kier alpha value is -4.37. The topological polar surface area (TPSA) is 134 Å². The summed E-state index contributed by atoms with van der Waals surface area (Å²) in [5.74, 6) is -1.15. The van der Waals surface area contributed by atoms with Crippen molar-refractivity contribution >= 4 is 19.8 Å². The molecule has 0 aliphatic rings. The Morgan fingerprint density at radius 2 is 0.867 bits per heavy atom. The first-order valence-corrected chi connectivity index (χ1v) is 22.9. The molecule has 0 aromatic rings. The molecule has 0 fully saturated rings. The first kappa shape index (κ1) is 55.6. The number of esters is 2. The minimum Gasteiger partial charge on any atom is -0.461 e. The maximum absolute atomic E-state index is 12.5. The van der Waals surface area contributed by atoms with Crippen molar-refractivity contribution in [1.82, 2.24) is 0 Å². The third kappa shape index (κ3) is 43.2. The van der Waals surface area contributed by atoms with Gasteiger partial charge in [0.15, 0.2) is 6.10 Å². The van der Waals surface area contributed by atoms with Gasteiger partial charge in [-0.15, -0.1) is 0 Å². The van der Waals surface area contributed by atoms with Crippen molar-refractivity contribution in [2.45, 2.75) is 116 Å². The second-order valence-electron chi connectivity index (χ2n) is 13.2. The van der Waals surface area contributed by atoms with Gasteiger partial charge in [0, 0.05) is 6.54 Å². The van der Waals surface area contributed by atoms with Crippen LogP contribution in [0.3, 0.4) is 0 Å². The van der Waals surface area contributed by atoms with Crippen molar-refractivity contribution in [3.63, 3.8) is 0 Å². The minimum atomic E-state index is -4.44. The van der Waals surface area contributed by atoms with Gasteiger partial charge in [0.05, 0.1) is 26.1 Å². The van der Waals surface area contributed by atoms with E-state index in [2.05, 4.69) is 128 Å². The van der Waals surface area contributed by atoms with Gasteiger partial charge in [-0.25, -0.2) is 4.57 Å². The van der Waals surface area contributed by atoms with Crippen molar-refractivity contribution in [2.24, 2.45) is 5.73 Å². The molecule has 0 saturated carbocycles. The lowest BCUT2D eigenvalue weighted by molar-refractivity contribution is -0.160. The quantitative estimate of drug-likeness (QED) is 0.0356. The highest BCUT2D eigenvalue weighted by atomic mass is 31.2. The van der Waals surface area contributed by atoms with Crippen LogP contribution in [0.5, 0.6) is 0 Å². The summed E-state index contributed by atoms with van der Waals surface area (Å²) >= 11 is 0. The summed E-state index contributed by atoms with van der Waals surface area (Å²) in [6.07, 6.45) is 64.8. The van der Waals surface area contributed by atoms with E-state index in [1.54, 1.807) is 12.2 Å². The molecular weight excluding hydrogens is 774 g/mol. The molecule has 332 valence electrons. The predicted molar refractivity (Wildman–Crippen MR) is 251 cm³/mol. The van der Waals surface area contributed by atoms with E-state index in [9.17, 15) is 19.0 Å². The van der Waals surface area contributed by atoms with Gasteiger partial charge in [-0.05, 0) is 84.0 Å². The summed E-state index contributed by atoms with van der Waals surface area (Å²) in [4.78, 5) is 34.8. The number of phosphoric ester groups is 1. The lowest BCUT2D eigenvalue weighted by Gasteiger charge is -2.19. The molecule has 1 unspecified atom stereocenters. The van der Waals surface area contributed by atoms with Crippen LogP contribution in [0.15, 0.2) is 158 Å². The first-order chi connectivity index (χ1) is 29.3. The van der Waals surface area contributed by atoms with Crippen LogP contribution in [0.2, 0.25) is 0 Å². The van der Waals surface area contributed by atoms with Crippen molar-refractivity contribution in [3.8, 4) is 0 Å². The lowest BCUT2D eigenvalue weighted by atomic mass is 10.2. The fourth-order valence-corrected chi connectivity index (χ4v) is 5.41. The van der Waals surface area contributed by atoms with Gasteiger partial charge >= 0.3 is 19.8 Å². The molecule has 60 heavy (non-hydrogen) atoms. The van der Waals surface area contributed by atoms with Crippen molar-refractivity contribution in [3.05, 3.63) is 158 Å². The van der Waals surface area contributed by atoms with Crippen LogP contribution in [-0.4, -0.2) is 49.3 Å². The maximum atomic E-state index is 12.5. The molecule has 0 spiro atoms. The number of hydrogen-bond acceptors (Lipinski definition) is 8. The van der Waals surface area contributed by atoms with E-state index in [1.807, 2.05) is 31.2 Å². The Morgan fingerprint density at radius 3 is 1.23 bits per heavy atom. The second-order valence-corrected chi connectivity index (χ2v) is 14.7. The summed E-state index contributed by atoms with van der Waals surface area (Å²) in [6, 6.07) is 0. The zero-order valence-electron chi connectivity index (χ0n) is 36.4. The normalized spacial score (nSPS) is 14.8. The number of unbranched alkanes of at least 4 members (excludes halogenated alkanes) is 1. The molecule has 0 bridgehead atoms. The van der Waals surface area contributed by atoms with Crippen molar-refractivity contribution in [1.29, 1.82) is 0 Å². The van der Waals surface area contributed by atoms with E-state index in [0.29, 0.717) is 12.8 Å². The summed E-state index contributed by atoms with van der Waals surface area (Å²) in [5, 5.41) is 0. The molecule has 0 radical (unpaired) electrons. The van der Waals surface area contributed by atoms with Crippen LogP contribution in [0, 0.1) is 0 Å². The zero-order chi connectivity index (χ0) is 43.9. The molecule has 0 aromatic heterocycles. The fourth-order valence-electron chi connectivity index (χ4n) is 4.64. The van der Waals surface area contributed by atoms with Gasteiger partial charge < -0.3 is 20.1 Å². The highest BCUT2D eigenvalue weighted by Crippen LogP contribution is 2.43. The number of phosphoric acid groups is 1. The Bertz CT molecular complexity index is 1520. The van der Waals surface area contributed by atoms with Gasteiger partial charge in [-0.1, -0.05) is 171 Å². The molecule has 2 atom stereocenters. The van der Waals surface area contributed by atoms with Gasteiger partial charge in [-0.3, -0.25) is 18.6 Å². The van der Waals surface area contributed by atoms with Crippen LogP contribution in [0.1, 0.15) is 110 Å². The van der Waals surface area contributed by atoms with Crippen LogP contribution < -0.4 is 5.73 Å². The number of allylic oxidation sites excluding steroid dienone is 24. The van der Waals surface area contributed by atoms with Crippen LogP contribution in [0.4, 0.5) is 0 Å². The largest absolute Gasteiger partial charge is 0.472 e. The lowest BCUT2D eigenvalue weighted by Crippen LogP contribution is -2.29. The molecule has 0 aliphatic carbocycles. The van der Waals surface area contributed by atoms with E-state index in [4.69, 9.17) is 24.3 Å². The van der Waals surface area contributed by atoms with E-state index < -0.39 is 32.5 Å². The number of hydrogen-bond donors (Lipinski definition) is 2. The second kappa shape index (κ2) is 44.2. The summed E-state index contributed by atoms with van der Waals surface area (Å²) in [6.45, 7) is 3.16. The van der Waals surface area contributed by atoms with E-state index in [-0.39, 0.29) is 32.6 Å². The molecule has 9 nitrogen and oxygen atoms in total. The molecule has 0 aromatic carbocycles. The number of carbonyl (C=O) groups is 2. The van der Waals surface area contributed by atoms with Gasteiger partial charge in [0.2, 0.25) is 0 Å². The molecule has 0 heterocycles.